The fourth-order valence-corrected chi connectivity index (χ4v) is 3.13. The van der Waals surface area contributed by atoms with Gasteiger partial charge in [-0.25, -0.2) is 9.97 Å². The average molecular weight is 354 g/mol. The molecule has 1 heterocycles. The minimum Gasteiger partial charge on any atom is -0.507 e. The number of benzene rings is 2. The van der Waals surface area contributed by atoms with Crippen LogP contribution in [0.25, 0.3) is 22.3 Å². The molecule has 1 aromatic heterocycles. The molecule has 0 aliphatic carbocycles. The van der Waals surface area contributed by atoms with Crippen molar-refractivity contribution in [3.8, 4) is 17.1 Å². The molecule has 0 aliphatic rings. The molecule has 130 valence electrons. The van der Waals surface area contributed by atoms with Crippen LogP contribution in [0.3, 0.4) is 0 Å². The fraction of sp³-hybridized carbons (Fsp3) is 0.263. The Morgan fingerprint density at radius 2 is 1.88 bits per heavy atom. The van der Waals surface area contributed by atoms with Gasteiger partial charge in [0, 0.05) is 18.0 Å². The molecule has 0 aliphatic heterocycles. The number of nitrogens with two attached hydrogens (primary N) is 1. The molecule has 0 fully saturated rings. The number of phenolic OH excluding ortho intramolecular Hbond substituents is 1. The second kappa shape index (κ2) is 8.18. The number of aromatic nitrogens is 2. The zero-order valence-electron chi connectivity index (χ0n) is 14.1. The minimum atomic E-state index is 0.0646. The van der Waals surface area contributed by atoms with Crippen molar-refractivity contribution in [3.05, 3.63) is 48.5 Å². The van der Waals surface area contributed by atoms with Crippen LogP contribution < -0.4 is 11.1 Å². The lowest BCUT2D eigenvalue weighted by atomic mass is 10.1. The van der Waals surface area contributed by atoms with Crippen LogP contribution in [0.4, 0.5) is 5.82 Å². The van der Waals surface area contributed by atoms with Crippen LogP contribution in [0.1, 0.15) is 6.42 Å². The van der Waals surface area contributed by atoms with E-state index in [2.05, 4.69) is 21.5 Å². The third-order valence-electron chi connectivity index (χ3n) is 3.97. The molecular formula is C19H22N4OS. The van der Waals surface area contributed by atoms with Crippen molar-refractivity contribution in [2.24, 2.45) is 5.73 Å². The van der Waals surface area contributed by atoms with E-state index in [1.54, 1.807) is 23.9 Å². The van der Waals surface area contributed by atoms with Gasteiger partial charge in [-0.3, -0.25) is 0 Å². The summed E-state index contributed by atoms with van der Waals surface area (Å²) in [5.74, 6) is 2.44. The lowest BCUT2D eigenvalue weighted by Crippen LogP contribution is -2.30. The predicted octanol–water partition coefficient (Wildman–Crippen LogP) is 3.49. The maximum atomic E-state index is 10.1. The number of anilines is 1. The fourth-order valence-electron chi connectivity index (χ4n) is 2.59. The standard InChI is InChI=1S/C19H22N4OS/c1-25-11-10-13(20)12-21-18-14-6-2-4-8-16(14)22-19(23-18)15-7-3-5-9-17(15)24/h2-9,13,24H,10-12,20H2,1H3,(H,21,22,23)/t13-/m0/s1. The molecule has 0 amide bonds. The van der Waals surface area contributed by atoms with E-state index in [4.69, 9.17) is 5.73 Å². The SMILES string of the molecule is CSCC[C@H](N)CNc1nc(-c2ccccc2O)nc2ccccc12. The third-order valence-corrected chi connectivity index (χ3v) is 4.62. The van der Waals surface area contributed by atoms with Crippen LogP contribution in [0.5, 0.6) is 5.75 Å². The molecule has 0 radical (unpaired) electrons. The van der Waals surface area contributed by atoms with Crippen LogP contribution in [-0.2, 0) is 0 Å². The summed E-state index contributed by atoms with van der Waals surface area (Å²) in [7, 11) is 0. The van der Waals surface area contributed by atoms with Crippen LogP contribution in [0.2, 0.25) is 0 Å². The Bertz CT molecular complexity index is 856. The maximum absolute atomic E-state index is 10.1. The highest BCUT2D eigenvalue weighted by molar-refractivity contribution is 7.98. The number of rotatable bonds is 7. The minimum absolute atomic E-state index is 0.0646. The second-order valence-corrected chi connectivity index (χ2v) is 6.84. The summed E-state index contributed by atoms with van der Waals surface area (Å²) in [4.78, 5) is 9.24. The van der Waals surface area contributed by atoms with Gasteiger partial charge in [0.15, 0.2) is 5.82 Å². The monoisotopic (exact) mass is 354 g/mol. The van der Waals surface area contributed by atoms with Crippen molar-refractivity contribution in [2.45, 2.75) is 12.5 Å². The molecule has 0 saturated carbocycles. The lowest BCUT2D eigenvalue weighted by Gasteiger charge is -2.15. The van der Waals surface area contributed by atoms with Gasteiger partial charge in [0.1, 0.15) is 11.6 Å². The van der Waals surface area contributed by atoms with Gasteiger partial charge in [-0.2, -0.15) is 11.8 Å². The number of hydrogen-bond donors (Lipinski definition) is 3. The van der Waals surface area contributed by atoms with Gasteiger partial charge in [-0.05, 0) is 42.7 Å². The molecule has 5 nitrogen and oxygen atoms in total. The topological polar surface area (TPSA) is 84.1 Å². The Morgan fingerprint density at radius 3 is 2.68 bits per heavy atom. The summed E-state index contributed by atoms with van der Waals surface area (Å²) < 4.78 is 0. The number of fused-ring (bicyclic) bond motifs is 1. The van der Waals surface area contributed by atoms with Gasteiger partial charge < -0.3 is 16.2 Å². The largest absolute Gasteiger partial charge is 0.507 e. The first kappa shape index (κ1) is 17.5. The van der Waals surface area contributed by atoms with E-state index in [-0.39, 0.29) is 11.8 Å². The molecule has 0 spiro atoms. The summed E-state index contributed by atoms with van der Waals surface area (Å²) in [5.41, 5.74) is 7.61. The van der Waals surface area contributed by atoms with Gasteiger partial charge in [0.25, 0.3) is 0 Å². The Kier molecular flexibility index (Phi) is 5.73. The average Bonchev–Trinajstić information content (AvgIpc) is 2.64. The summed E-state index contributed by atoms with van der Waals surface area (Å²) in [5, 5.41) is 14.4. The van der Waals surface area contributed by atoms with E-state index in [0.717, 1.165) is 28.9 Å². The molecule has 1 atom stereocenters. The highest BCUT2D eigenvalue weighted by atomic mass is 32.2. The highest BCUT2D eigenvalue weighted by Crippen LogP contribution is 2.29. The van der Waals surface area contributed by atoms with Crippen molar-refractivity contribution in [1.82, 2.24) is 9.97 Å². The third kappa shape index (κ3) is 4.21. The summed E-state index contributed by atoms with van der Waals surface area (Å²) in [6, 6.07) is 15.0. The molecule has 4 N–H and O–H groups in total. The molecule has 0 saturated heterocycles. The summed E-state index contributed by atoms with van der Waals surface area (Å²) in [6.07, 6.45) is 3.03. The molecule has 25 heavy (non-hydrogen) atoms. The van der Waals surface area contributed by atoms with Crippen LogP contribution in [0, 0.1) is 0 Å². The first-order valence-electron chi connectivity index (χ1n) is 8.22. The summed E-state index contributed by atoms with van der Waals surface area (Å²) in [6.45, 7) is 0.641. The number of thioether (sulfide) groups is 1. The van der Waals surface area contributed by atoms with Crippen molar-refractivity contribution < 1.29 is 5.11 Å². The van der Waals surface area contributed by atoms with Crippen LogP contribution in [-0.4, -0.2) is 39.7 Å². The number of aromatic hydroxyl groups is 1. The smallest absolute Gasteiger partial charge is 0.165 e. The Hall–Kier alpha value is -2.31. The molecular weight excluding hydrogens is 332 g/mol. The van der Waals surface area contributed by atoms with E-state index in [1.165, 1.54) is 0 Å². The van der Waals surface area contributed by atoms with E-state index < -0.39 is 0 Å². The number of nitrogens with one attached hydrogen (secondary N) is 1. The first-order chi connectivity index (χ1) is 12.2. The van der Waals surface area contributed by atoms with Crippen molar-refractivity contribution in [1.29, 1.82) is 0 Å². The number of para-hydroxylation sites is 2. The van der Waals surface area contributed by atoms with E-state index >= 15 is 0 Å². The quantitative estimate of drug-likeness (QED) is 0.602. The molecule has 3 rings (SSSR count). The molecule has 6 heteroatoms. The number of hydrogen-bond acceptors (Lipinski definition) is 6. The molecule has 0 unspecified atom stereocenters. The second-order valence-electron chi connectivity index (χ2n) is 5.85. The van der Waals surface area contributed by atoms with E-state index in [9.17, 15) is 5.11 Å². The summed E-state index contributed by atoms with van der Waals surface area (Å²) >= 11 is 1.79. The van der Waals surface area contributed by atoms with E-state index in [0.29, 0.717) is 17.9 Å². The van der Waals surface area contributed by atoms with Gasteiger partial charge in [-0.1, -0.05) is 24.3 Å². The highest BCUT2D eigenvalue weighted by Gasteiger charge is 2.12. The first-order valence-corrected chi connectivity index (χ1v) is 9.62. The van der Waals surface area contributed by atoms with Gasteiger partial charge in [-0.15, -0.1) is 0 Å². The Labute approximate surface area is 151 Å². The Morgan fingerprint density at radius 1 is 1.12 bits per heavy atom. The van der Waals surface area contributed by atoms with Crippen molar-refractivity contribution in [2.75, 3.05) is 23.9 Å². The zero-order valence-corrected chi connectivity index (χ0v) is 15.0. The van der Waals surface area contributed by atoms with Gasteiger partial charge >= 0.3 is 0 Å². The van der Waals surface area contributed by atoms with Gasteiger partial charge in [0.2, 0.25) is 0 Å². The predicted molar refractivity (Wildman–Crippen MR) is 106 cm³/mol. The number of phenols is 1. The van der Waals surface area contributed by atoms with Crippen molar-refractivity contribution >= 4 is 28.5 Å². The van der Waals surface area contributed by atoms with E-state index in [1.807, 2.05) is 36.4 Å². The molecule has 3 aromatic rings. The van der Waals surface area contributed by atoms with Gasteiger partial charge in [0.05, 0.1) is 11.1 Å². The van der Waals surface area contributed by atoms with Crippen LogP contribution >= 0.6 is 11.8 Å². The number of nitrogens with zero attached hydrogens (tertiary/aromatic N) is 2. The normalized spacial score (nSPS) is 12.2. The lowest BCUT2D eigenvalue weighted by molar-refractivity contribution is 0.477. The zero-order chi connectivity index (χ0) is 17.6. The van der Waals surface area contributed by atoms with Crippen LogP contribution in [0.15, 0.2) is 48.5 Å². The Balaban J connectivity index is 1.95. The molecule has 2 aromatic carbocycles. The maximum Gasteiger partial charge on any atom is 0.165 e. The molecule has 0 bridgehead atoms. The van der Waals surface area contributed by atoms with Crippen molar-refractivity contribution in [3.63, 3.8) is 0 Å².